The van der Waals surface area contributed by atoms with Crippen LogP contribution in [0.3, 0.4) is 0 Å². The van der Waals surface area contributed by atoms with Gasteiger partial charge in [0.05, 0.1) is 16.0 Å². The standard InChI is InChI=1S/C21H13F3N4O2/c22-21(23,24)14-4-3-5-15(12-14)25-20-17-6-1-2-7-18(17)26-19(27-20)13-8-10-16(11-9-13)28(29)30/h1-12H,(H,25,26,27). The number of para-hydroxylation sites is 1. The highest BCUT2D eigenvalue weighted by atomic mass is 19.4. The van der Waals surface area contributed by atoms with Crippen molar-refractivity contribution in [2.75, 3.05) is 5.32 Å². The first-order chi connectivity index (χ1) is 14.3. The highest BCUT2D eigenvalue weighted by molar-refractivity contribution is 5.92. The summed E-state index contributed by atoms with van der Waals surface area (Å²) in [5, 5.41) is 14.4. The molecule has 0 spiro atoms. The average Bonchev–Trinajstić information content (AvgIpc) is 2.73. The molecule has 0 atom stereocenters. The van der Waals surface area contributed by atoms with Gasteiger partial charge in [-0.1, -0.05) is 18.2 Å². The normalized spacial score (nSPS) is 11.4. The van der Waals surface area contributed by atoms with Crippen LogP contribution in [0.25, 0.3) is 22.3 Å². The van der Waals surface area contributed by atoms with E-state index < -0.39 is 16.7 Å². The molecule has 0 bridgehead atoms. The molecular formula is C21H13F3N4O2. The summed E-state index contributed by atoms with van der Waals surface area (Å²) in [7, 11) is 0. The molecule has 0 amide bonds. The molecule has 6 nitrogen and oxygen atoms in total. The molecule has 1 heterocycles. The van der Waals surface area contributed by atoms with Gasteiger partial charge in [-0.05, 0) is 42.5 Å². The van der Waals surface area contributed by atoms with Crippen molar-refractivity contribution in [2.24, 2.45) is 0 Å². The summed E-state index contributed by atoms with van der Waals surface area (Å²) >= 11 is 0. The number of benzene rings is 3. The van der Waals surface area contributed by atoms with Crippen LogP contribution in [0.4, 0.5) is 30.4 Å². The predicted octanol–water partition coefficient (Wildman–Crippen LogP) is 5.97. The van der Waals surface area contributed by atoms with Crippen LogP contribution in [-0.4, -0.2) is 14.9 Å². The number of fused-ring (bicyclic) bond motifs is 1. The second-order valence-corrected chi connectivity index (χ2v) is 6.42. The van der Waals surface area contributed by atoms with Gasteiger partial charge in [0.25, 0.3) is 5.69 Å². The fourth-order valence-electron chi connectivity index (χ4n) is 2.94. The Labute approximate surface area is 168 Å². The molecule has 0 fully saturated rings. The van der Waals surface area contributed by atoms with Crippen molar-refractivity contribution in [3.8, 4) is 11.4 Å². The van der Waals surface area contributed by atoms with Gasteiger partial charge in [-0.15, -0.1) is 0 Å². The van der Waals surface area contributed by atoms with E-state index in [1.54, 1.807) is 24.3 Å². The molecule has 0 unspecified atom stereocenters. The molecule has 0 radical (unpaired) electrons. The van der Waals surface area contributed by atoms with E-state index in [0.29, 0.717) is 22.3 Å². The number of alkyl halides is 3. The Morgan fingerprint density at radius 1 is 0.900 bits per heavy atom. The molecular weight excluding hydrogens is 397 g/mol. The van der Waals surface area contributed by atoms with Crippen LogP contribution in [-0.2, 0) is 6.18 Å². The van der Waals surface area contributed by atoms with Crippen LogP contribution >= 0.6 is 0 Å². The first kappa shape index (κ1) is 19.3. The molecule has 0 aliphatic carbocycles. The topological polar surface area (TPSA) is 81.0 Å². The van der Waals surface area contributed by atoms with Crippen LogP contribution < -0.4 is 5.32 Å². The van der Waals surface area contributed by atoms with E-state index in [0.717, 1.165) is 12.1 Å². The zero-order valence-corrected chi connectivity index (χ0v) is 15.2. The summed E-state index contributed by atoms with van der Waals surface area (Å²) in [5.74, 6) is 0.617. The Hall–Kier alpha value is -4.01. The zero-order valence-electron chi connectivity index (χ0n) is 15.2. The molecule has 0 aliphatic heterocycles. The number of rotatable bonds is 4. The van der Waals surface area contributed by atoms with Gasteiger partial charge in [-0.2, -0.15) is 13.2 Å². The molecule has 4 aromatic rings. The third-order valence-electron chi connectivity index (χ3n) is 4.39. The number of hydrogen-bond donors (Lipinski definition) is 1. The molecule has 1 aromatic heterocycles. The van der Waals surface area contributed by atoms with Crippen molar-refractivity contribution >= 4 is 28.1 Å². The second-order valence-electron chi connectivity index (χ2n) is 6.42. The first-order valence-corrected chi connectivity index (χ1v) is 8.77. The average molecular weight is 410 g/mol. The lowest BCUT2D eigenvalue weighted by atomic mass is 10.1. The van der Waals surface area contributed by atoms with Crippen LogP contribution in [0, 0.1) is 10.1 Å². The molecule has 1 N–H and O–H groups in total. The van der Waals surface area contributed by atoms with Crippen molar-refractivity contribution in [3.05, 3.63) is 88.5 Å². The lowest BCUT2D eigenvalue weighted by molar-refractivity contribution is -0.384. The maximum absolute atomic E-state index is 13.0. The molecule has 0 saturated heterocycles. The Kier molecular flexibility index (Phi) is 4.78. The molecule has 0 saturated carbocycles. The van der Waals surface area contributed by atoms with Gasteiger partial charge in [0.1, 0.15) is 5.82 Å². The van der Waals surface area contributed by atoms with Crippen LogP contribution in [0.5, 0.6) is 0 Å². The van der Waals surface area contributed by atoms with Gasteiger partial charge in [0.2, 0.25) is 0 Å². The minimum atomic E-state index is -4.46. The van der Waals surface area contributed by atoms with Crippen molar-refractivity contribution in [2.45, 2.75) is 6.18 Å². The SMILES string of the molecule is O=[N+]([O-])c1ccc(-c2nc(Nc3cccc(C(F)(F)F)c3)c3ccccc3n2)cc1. The largest absolute Gasteiger partial charge is 0.416 e. The van der Waals surface area contributed by atoms with Crippen LogP contribution in [0.2, 0.25) is 0 Å². The summed E-state index contributed by atoms with van der Waals surface area (Å²) in [6.45, 7) is 0. The number of nitro groups is 1. The lowest BCUT2D eigenvalue weighted by Crippen LogP contribution is -2.06. The van der Waals surface area contributed by atoms with Gasteiger partial charge in [-0.3, -0.25) is 10.1 Å². The third-order valence-corrected chi connectivity index (χ3v) is 4.39. The Morgan fingerprint density at radius 3 is 2.33 bits per heavy atom. The maximum Gasteiger partial charge on any atom is 0.416 e. The molecule has 3 aromatic carbocycles. The smallest absolute Gasteiger partial charge is 0.340 e. The summed E-state index contributed by atoms with van der Waals surface area (Å²) in [4.78, 5) is 19.3. The Morgan fingerprint density at radius 2 is 1.63 bits per heavy atom. The summed E-state index contributed by atoms with van der Waals surface area (Å²) in [6.07, 6.45) is -4.46. The van der Waals surface area contributed by atoms with Crippen molar-refractivity contribution in [1.29, 1.82) is 0 Å². The van der Waals surface area contributed by atoms with Gasteiger partial charge in [0.15, 0.2) is 5.82 Å². The Balaban J connectivity index is 1.79. The second kappa shape index (κ2) is 7.43. The maximum atomic E-state index is 13.0. The quantitative estimate of drug-likeness (QED) is 0.331. The summed E-state index contributed by atoms with van der Waals surface area (Å²) in [6, 6.07) is 17.6. The van der Waals surface area contributed by atoms with E-state index in [4.69, 9.17) is 0 Å². The van der Waals surface area contributed by atoms with Gasteiger partial charge < -0.3 is 5.32 Å². The van der Waals surface area contributed by atoms with E-state index in [1.807, 2.05) is 0 Å². The number of nitrogens with zero attached hydrogens (tertiary/aromatic N) is 3. The highest BCUT2D eigenvalue weighted by Crippen LogP contribution is 2.33. The third kappa shape index (κ3) is 3.90. The summed E-state index contributed by atoms with van der Waals surface area (Å²) in [5.41, 5.74) is 0.500. The minimum Gasteiger partial charge on any atom is -0.340 e. The number of anilines is 2. The van der Waals surface area contributed by atoms with E-state index >= 15 is 0 Å². The first-order valence-electron chi connectivity index (χ1n) is 8.77. The molecule has 9 heteroatoms. The van der Waals surface area contributed by atoms with Gasteiger partial charge in [0, 0.05) is 28.8 Å². The number of halogens is 3. The monoisotopic (exact) mass is 410 g/mol. The van der Waals surface area contributed by atoms with Crippen molar-refractivity contribution in [1.82, 2.24) is 9.97 Å². The fraction of sp³-hybridized carbons (Fsp3) is 0.0476. The number of nitrogens with one attached hydrogen (secondary N) is 1. The number of nitro benzene ring substituents is 1. The van der Waals surface area contributed by atoms with Crippen molar-refractivity contribution in [3.63, 3.8) is 0 Å². The van der Waals surface area contributed by atoms with Gasteiger partial charge in [-0.25, -0.2) is 9.97 Å². The van der Waals surface area contributed by atoms with E-state index in [2.05, 4.69) is 15.3 Å². The zero-order chi connectivity index (χ0) is 21.3. The lowest BCUT2D eigenvalue weighted by Gasteiger charge is -2.13. The molecule has 0 aliphatic rings. The van der Waals surface area contributed by atoms with Gasteiger partial charge >= 0.3 is 6.18 Å². The fourth-order valence-corrected chi connectivity index (χ4v) is 2.94. The number of aromatic nitrogens is 2. The predicted molar refractivity (Wildman–Crippen MR) is 106 cm³/mol. The number of non-ortho nitro benzene ring substituents is 1. The van der Waals surface area contributed by atoms with Crippen LogP contribution in [0.1, 0.15) is 5.56 Å². The molecule has 4 rings (SSSR count). The molecule has 30 heavy (non-hydrogen) atoms. The van der Waals surface area contributed by atoms with Crippen molar-refractivity contribution < 1.29 is 18.1 Å². The highest BCUT2D eigenvalue weighted by Gasteiger charge is 2.30. The van der Waals surface area contributed by atoms with E-state index in [-0.39, 0.29) is 17.2 Å². The number of hydrogen-bond acceptors (Lipinski definition) is 5. The van der Waals surface area contributed by atoms with E-state index in [9.17, 15) is 23.3 Å². The Bertz CT molecular complexity index is 1240. The minimum absolute atomic E-state index is 0.0677. The van der Waals surface area contributed by atoms with E-state index in [1.165, 1.54) is 36.4 Å². The molecule has 150 valence electrons. The van der Waals surface area contributed by atoms with Crippen LogP contribution in [0.15, 0.2) is 72.8 Å². The summed E-state index contributed by atoms with van der Waals surface area (Å²) < 4.78 is 39.1.